The van der Waals surface area contributed by atoms with Crippen molar-refractivity contribution in [3.8, 4) is 45.3 Å². The lowest BCUT2D eigenvalue weighted by Gasteiger charge is -2.33. The molecule has 0 radical (unpaired) electrons. The molecular weight excluding hydrogens is 895 g/mol. The van der Waals surface area contributed by atoms with Crippen LogP contribution in [0.1, 0.15) is 36.1 Å². The number of methoxy groups -OCH3 is 3. The number of fused-ring (bicyclic) bond motifs is 6. The Bertz CT molecular complexity index is 2540. The van der Waals surface area contributed by atoms with Gasteiger partial charge in [-0.1, -0.05) is 48.5 Å². The van der Waals surface area contributed by atoms with E-state index < -0.39 is 0 Å². The Morgan fingerprint density at radius 3 is 1.97 bits per heavy atom. The van der Waals surface area contributed by atoms with Gasteiger partial charge in [0.25, 0.3) is 0 Å². The molecule has 14 nitrogen and oxygen atoms in total. The summed E-state index contributed by atoms with van der Waals surface area (Å²) in [6.45, 7) is 9.35. The predicted octanol–water partition coefficient (Wildman–Crippen LogP) is 8.28. The highest BCUT2D eigenvalue weighted by molar-refractivity contribution is 7.99. The molecule has 0 bridgehead atoms. The molecule has 366 valence electrons. The minimum atomic E-state index is -0.272. The van der Waals surface area contributed by atoms with Gasteiger partial charge in [-0.15, -0.1) is 0 Å². The van der Waals surface area contributed by atoms with Crippen molar-refractivity contribution in [1.82, 2.24) is 10.6 Å². The third kappa shape index (κ3) is 13.5. The van der Waals surface area contributed by atoms with Crippen molar-refractivity contribution in [3.05, 3.63) is 113 Å². The fourth-order valence-corrected chi connectivity index (χ4v) is 8.86. The summed E-state index contributed by atoms with van der Waals surface area (Å²) in [4.78, 5) is 30.3. The van der Waals surface area contributed by atoms with Gasteiger partial charge in [0.1, 0.15) is 13.2 Å². The van der Waals surface area contributed by atoms with Crippen molar-refractivity contribution in [2.45, 2.75) is 56.7 Å². The molecule has 0 spiro atoms. The highest BCUT2D eigenvalue weighted by Gasteiger charge is 2.25. The van der Waals surface area contributed by atoms with Gasteiger partial charge in [-0.3, -0.25) is 14.6 Å². The van der Waals surface area contributed by atoms with E-state index in [-0.39, 0.29) is 30.0 Å². The number of thioether (sulfide) groups is 1. The molecule has 69 heavy (non-hydrogen) atoms. The first kappa shape index (κ1) is 50.6. The van der Waals surface area contributed by atoms with Crippen LogP contribution in [0, 0.1) is 0 Å². The molecule has 2 heterocycles. The first-order valence-electron chi connectivity index (χ1n) is 23.3. The standard InChI is InChI=1S/C54H65N5O9S/c1-54(2,69-6)34-59(15-16-65-19-20-66-18-17-62-3)43-22-37(32-67-52-28-48-46(26-50(52)63-4)44-13-9-7-11-39(44)24-41(30-55-48)57-35-60)21-38(23-43)33-68-53-29-49-47(27-51(53)64-5)45-14-10-8-12-40(45)25-42(31-56-49)58-36-61/h7-14,21-23,26-30,35-36,41-42,56H,15-20,24-25,31-34H2,1-6H3,(H,57,60)(H,58,61)/t41?,42-/m0/s1. The summed E-state index contributed by atoms with van der Waals surface area (Å²) in [6.07, 6.45) is 6.67. The summed E-state index contributed by atoms with van der Waals surface area (Å²) in [6, 6.07) is 30.3. The van der Waals surface area contributed by atoms with Crippen LogP contribution in [0.2, 0.25) is 0 Å². The Labute approximate surface area is 410 Å². The summed E-state index contributed by atoms with van der Waals surface area (Å²) in [7, 11) is 4.95. The third-order valence-corrected chi connectivity index (χ3v) is 13.5. The van der Waals surface area contributed by atoms with Gasteiger partial charge in [0.2, 0.25) is 12.8 Å². The molecular formula is C54H65N5O9S. The maximum atomic E-state index is 11.5. The van der Waals surface area contributed by atoms with Gasteiger partial charge in [-0.2, -0.15) is 11.8 Å². The number of rotatable bonds is 25. The van der Waals surface area contributed by atoms with E-state index in [1.807, 2.05) is 60.3 Å². The Kier molecular flexibility index (Phi) is 18.2. The number of nitrogens with zero attached hydrogens (tertiary/aromatic N) is 2. The third-order valence-electron chi connectivity index (χ3n) is 12.3. The zero-order valence-electron chi connectivity index (χ0n) is 40.5. The molecule has 2 atom stereocenters. The van der Waals surface area contributed by atoms with Crippen molar-refractivity contribution in [1.29, 1.82) is 0 Å². The van der Waals surface area contributed by atoms with Gasteiger partial charge < -0.3 is 54.0 Å². The minimum absolute atomic E-state index is 0.0835. The number of benzene rings is 5. The van der Waals surface area contributed by atoms with Gasteiger partial charge >= 0.3 is 0 Å². The van der Waals surface area contributed by atoms with Gasteiger partial charge in [0.15, 0.2) is 23.0 Å². The zero-order chi connectivity index (χ0) is 48.6. The second kappa shape index (κ2) is 24.9. The van der Waals surface area contributed by atoms with Gasteiger partial charge in [-0.05, 0) is 96.7 Å². The van der Waals surface area contributed by atoms with Crippen molar-refractivity contribution in [2.75, 3.05) is 90.5 Å². The monoisotopic (exact) mass is 959 g/mol. The van der Waals surface area contributed by atoms with Crippen LogP contribution >= 0.6 is 11.8 Å². The van der Waals surface area contributed by atoms with Crippen LogP contribution < -0.4 is 39.8 Å². The molecule has 0 fully saturated rings. The average Bonchev–Trinajstić information content (AvgIpc) is 3.35. The number of hydrogen-bond donors (Lipinski definition) is 3. The smallest absolute Gasteiger partial charge is 0.207 e. The molecule has 2 aliphatic rings. The predicted molar refractivity (Wildman–Crippen MR) is 275 cm³/mol. The summed E-state index contributed by atoms with van der Waals surface area (Å²) < 4.78 is 42.1. The number of hydrogen-bond acceptors (Lipinski definition) is 13. The molecule has 2 amide bonds. The molecule has 0 saturated carbocycles. The van der Waals surface area contributed by atoms with Crippen LogP contribution in [-0.2, 0) is 49.9 Å². The number of nitrogens with one attached hydrogen (secondary N) is 3. The van der Waals surface area contributed by atoms with E-state index in [1.54, 1.807) is 27.5 Å². The van der Waals surface area contributed by atoms with Crippen LogP contribution in [0.4, 0.5) is 17.1 Å². The topological polar surface area (TPSA) is 150 Å². The van der Waals surface area contributed by atoms with Gasteiger partial charge in [-0.25, -0.2) is 0 Å². The van der Waals surface area contributed by atoms with Crippen LogP contribution in [0.15, 0.2) is 96.0 Å². The molecule has 5 aromatic rings. The van der Waals surface area contributed by atoms with Crippen LogP contribution in [0.5, 0.6) is 23.0 Å². The molecule has 5 aromatic carbocycles. The lowest BCUT2D eigenvalue weighted by atomic mass is 9.92. The van der Waals surface area contributed by atoms with E-state index in [4.69, 9.17) is 38.2 Å². The largest absolute Gasteiger partial charge is 0.493 e. The van der Waals surface area contributed by atoms with E-state index in [0.29, 0.717) is 94.1 Å². The van der Waals surface area contributed by atoms with Gasteiger partial charge in [0, 0.05) is 78.4 Å². The van der Waals surface area contributed by atoms with Crippen LogP contribution in [-0.4, -0.2) is 116 Å². The molecule has 3 N–H and O–H groups in total. The number of aliphatic imine (C=N–C) groups is 1. The number of carbonyl (C=O) groups excluding carboxylic acids is 2. The lowest BCUT2D eigenvalue weighted by molar-refractivity contribution is -0.110. The van der Waals surface area contributed by atoms with Crippen molar-refractivity contribution in [2.24, 2.45) is 4.99 Å². The van der Waals surface area contributed by atoms with E-state index in [2.05, 4.69) is 83.4 Å². The van der Waals surface area contributed by atoms with Crippen molar-refractivity contribution < 1.29 is 42.7 Å². The fraction of sp³-hybridized carbons (Fsp3) is 0.389. The highest BCUT2D eigenvalue weighted by Crippen LogP contribution is 2.44. The van der Waals surface area contributed by atoms with Gasteiger partial charge in [0.05, 0.1) is 59.0 Å². The van der Waals surface area contributed by atoms with Crippen LogP contribution in [0.3, 0.4) is 0 Å². The summed E-state index contributed by atoms with van der Waals surface area (Å²) >= 11 is 1.81. The molecule has 0 aromatic heterocycles. The summed E-state index contributed by atoms with van der Waals surface area (Å²) in [5.41, 5.74) is 10.6. The van der Waals surface area contributed by atoms with E-state index in [9.17, 15) is 9.59 Å². The Hall–Kier alpha value is -6.26. The fourth-order valence-electron chi connectivity index (χ4n) is 8.58. The first-order chi connectivity index (χ1) is 33.6. The van der Waals surface area contributed by atoms with Crippen molar-refractivity contribution >= 4 is 47.9 Å². The number of anilines is 2. The maximum Gasteiger partial charge on any atom is 0.207 e. The molecule has 0 saturated heterocycles. The van der Waals surface area contributed by atoms with E-state index in [1.165, 1.54) is 0 Å². The highest BCUT2D eigenvalue weighted by atomic mass is 32.2. The second-order valence-corrected chi connectivity index (χ2v) is 19.0. The van der Waals surface area contributed by atoms with E-state index >= 15 is 0 Å². The Balaban J connectivity index is 1.21. The number of carbonyl (C=O) groups is 2. The van der Waals surface area contributed by atoms with Crippen molar-refractivity contribution in [3.63, 3.8) is 0 Å². The molecule has 0 aliphatic carbocycles. The first-order valence-corrected chi connectivity index (χ1v) is 24.5. The Morgan fingerprint density at radius 2 is 1.32 bits per heavy atom. The summed E-state index contributed by atoms with van der Waals surface area (Å²) in [5.74, 6) is 2.28. The zero-order valence-corrected chi connectivity index (χ0v) is 41.3. The second-order valence-electron chi connectivity index (χ2n) is 17.5. The quantitative estimate of drug-likeness (QED) is 0.0382. The number of ether oxygens (including phenoxy) is 7. The number of amides is 2. The molecule has 15 heteroatoms. The molecule has 2 aliphatic heterocycles. The Morgan fingerprint density at radius 1 is 0.710 bits per heavy atom. The lowest BCUT2D eigenvalue weighted by Crippen LogP contribution is -2.39. The molecule has 7 rings (SSSR count). The normalized spacial score (nSPS) is 15.0. The SMILES string of the molecule is COCCOCCOCCN(CC(C)(C)SC)c1cc(COc2cc3c(cc2OC)-c2ccccc2CC(NC=O)C=N3)cc(COc2cc3c(cc2OC)-c2ccccc2C[C@H](NC=O)CN3)c1. The van der Waals surface area contributed by atoms with E-state index in [0.717, 1.165) is 68.8 Å². The minimum Gasteiger partial charge on any atom is -0.493 e. The maximum absolute atomic E-state index is 11.5. The van der Waals surface area contributed by atoms with Crippen LogP contribution in [0.25, 0.3) is 22.3 Å². The summed E-state index contributed by atoms with van der Waals surface area (Å²) in [5, 5.41) is 9.42. The molecule has 1 unspecified atom stereocenters. The average molecular weight is 960 g/mol.